The van der Waals surface area contributed by atoms with Crippen LogP contribution in [0.2, 0.25) is 0 Å². The second-order valence-corrected chi connectivity index (χ2v) is 5.01. The Bertz CT molecular complexity index is 835. The molecule has 0 aliphatic heterocycles. The van der Waals surface area contributed by atoms with Crippen LogP contribution in [0.3, 0.4) is 0 Å². The number of carbonyl (C=O) groups excluding carboxylic acids is 1. The Kier molecular flexibility index (Phi) is 5.40. The number of halogens is 2. The topological polar surface area (TPSA) is 125 Å². The molecule has 9 nitrogen and oxygen atoms in total. The number of carbonyl (C=O) groups is 1. The maximum atomic E-state index is 12.2. The summed E-state index contributed by atoms with van der Waals surface area (Å²) in [6.45, 7) is -1.79. The summed E-state index contributed by atoms with van der Waals surface area (Å²) in [5, 5.41) is 24.4. The van der Waals surface area contributed by atoms with Gasteiger partial charge in [0.2, 0.25) is 0 Å². The molecular weight excluding hydrogens is 356 g/mol. The molecule has 0 aromatic heterocycles. The summed E-state index contributed by atoms with van der Waals surface area (Å²) in [5.74, 6) is -0.960. The maximum Gasteiger partial charge on any atom is 0.387 e. The van der Waals surface area contributed by atoms with Crippen molar-refractivity contribution >= 4 is 23.0 Å². The molecule has 136 valence electrons. The van der Waals surface area contributed by atoms with E-state index >= 15 is 0 Å². The molecule has 26 heavy (non-hydrogen) atoms. The smallest absolute Gasteiger partial charge is 0.387 e. The average molecular weight is 367 g/mol. The molecule has 0 atom stereocenters. The van der Waals surface area contributed by atoms with Gasteiger partial charge in [0.25, 0.3) is 17.3 Å². The van der Waals surface area contributed by atoms with E-state index in [1.807, 2.05) is 0 Å². The molecule has 0 aliphatic carbocycles. The van der Waals surface area contributed by atoms with Gasteiger partial charge < -0.3 is 10.1 Å². The van der Waals surface area contributed by atoms with E-state index in [1.165, 1.54) is 31.2 Å². The standard InChI is InChI=1S/C15H11F2N3O6/c1-8-12(19(22)23)6-9(7-13(8)20(24)25)14(21)18-10-2-4-11(5-3-10)26-15(16)17/h2-7,15H,1H3,(H,18,21). The Hall–Kier alpha value is -3.63. The zero-order chi connectivity index (χ0) is 19.4. The first-order valence-corrected chi connectivity index (χ1v) is 6.98. The minimum absolute atomic E-state index is 0.125. The number of anilines is 1. The van der Waals surface area contributed by atoms with Crippen LogP contribution in [0.1, 0.15) is 15.9 Å². The van der Waals surface area contributed by atoms with Crippen LogP contribution in [0.15, 0.2) is 36.4 Å². The number of rotatable bonds is 6. The lowest BCUT2D eigenvalue weighted by Crippen LogP contribution is -2.13. The van der Waals surface area contributed by atoms with Gasteiger partial charge in [0, 0.05) is 17.8 Å². The number of hydrogen-bond donors (Lipinski definition) is 1. The summed E-state index contributed by atoms with van der Waals surface area (Å²) in [5.41, 5.74) is -1.41. The van der Waals surface area contributed by atoms with Crippen LogP contribution in [0.25, 0.3) is 0 Å². The number of amides is 1. The molecule has 2 rings (SSSR count). The van der Waals surface area contributed by atoms with Gasteiger partial charge in [-0.15, -0.1) is 0 Å². The largest absolute Gasteiger partial charge is 0.435 e. The average Bonchev–Trinajstić information content (AvgIpc) is 2.55. The highest BCUT2D eigenvalue weighted by molar-refractivity contribution is 6.05. The highest BCUT2D eigenvalue weighted by Gasteiger charge is 2.25. The molecule has 0 aliphatic rings. The quantitative estimate of drug-likeness (QED) is 0.613. The highest BCUT2D eigenvalue weighted by Crippen LogP contribution is 2.29. The van der Waals surface area contributed by atoms with Gasteiger partial charge in [0.15, 0.2) is 0 Å². The number of hydrogen-bond acceptors (Lipinski definition) is 6. The van der Waals surface area contributed by atoms with Crippen molar-refractivity contribution in [2.45, 2.75) is 13.5 Å². The third kappa shape index (κ3) is 4.26. The first-order valence-electron chi connectivity index (χ1n) is 6.98. The number of ether oxygens (including phenoxy) is 1. The Labute approximate surface area is 144 Å². The fourth-order valence-corrected chi connectivity index (χ4v) is 2.12. The van der Waals surface area contributed by atoms with E-state index in [-0.39, 0.29) is 22.6 Å². The fraction of sp³-hybridized carbons (Fsp3) is 0.133. The number of benzene rings is 2. The van der Waals surface area contributed by atoms with Crippen molar-refractivity contribution in [3.8, 4) is 5.75 Å². The van der Waals surface area contributed by atoms with Gasteiger partial charge in [0.1, 0.15) is 11.3 Å². The van der Waals surface area contributed by atoms with Gasteiger partial charge in [-0.25, -0.2) is 0 Å². The van der Waals surface area contributed by atoms with E-state index in [4.69, 9.17) is 0 Å². The second kappa shape index (κ2) is 7.51. The summed E-state index contributed by atoms with van der Waals surface area (Å²) >= 11 is 0. The summed E-state index contributed by atoms with van der Waals surface area (Å²) in [6, 6.07) is 6.75. The Morgan fingerprint density at radius 2 is 1.58 bits per heavy atom. The van der Waals surface area contributed by atoms with Crippen LogP contribution in [-0.2, 0) is 0 Å². The van der Waals surface area contributed by atoms with Crippen molar-refractivity contribution in [1.29, 1.82) is 0 Å². The summed E-state index contributed by atoms with van der Waals surface area (Å²) in [4.78, 5) is 32.6. The van der Waals surface area contributed by atoms with E-state index in [9.17, 15) is 33.8 Å². The molecule has 0 heterocycles. The molecular formula is C15H11F2N3O6. The van der Waals surface area contributed by atoms with Crippen molar-refractivity contribution < 1.29 is 28.2 Å². The molecule has 2 aromatic carbocycles. The Morgan fingerprint density at radius 1 is 1.08 bits per heavy atom. The molecule has 11 heteroatoms. The number of nitrogens with zero attached hydrogens (tertiary/aromatic N) is 2. The van der Waals surface area contributed by atoms with E-state index < -0.39 is 33.7 Å². The predicted octanol–water partition coefficient (Wildman–Crippen LogP) is 3.67. The van der Waals surface area contributed by atoms with Gasteiger partial charge in [0.05, 0.1) is 15.4 Å². The number of nitro groups is 2. The normalized spacial score (nSPS) is 10.5. The molecule has 0 bridgehead atoms. The van der Waals surface area contributed by atoms with Crippen LogP contribution < -0.4 is 10.1 Å². The Balaban J connectivity index is 2.29. The lowest BCUT2D eigenvalue weighted by Gasteiger charge is -2.08. The van der Waals surface area contributed by atoms with Crippen molar-refractivity contribution in [2.24, 2.45) is 0 Å². The minimum Gasteiger partial charge on any atom is -0.435 e. The van der Waals surface area contributed by atoms with E-state index in [2.05, 4.69) is 10.1 Å². The molecule has 0 unspecified atom stereocenters. The fourth-order valence-electron chi connectivity index (χ4n) is 2.12. The SMILES string of the molecule is Cc1c([N+](=O)[O-])cc(C(=O)Nc2ccc(OC(F)F)cc2)cc1[N+](=O)[O-]. The second-order valence-electron chi connectivity index (χ2n) is 5.01. The van der Waals surface area contributed by atoms with Crippen LogP contribution in [-0.4, -0.2) is 22.4 Å². The highest BCUT2D eigenvalue weighted by atomic mass is 19.3. The number of alkyl halides is 2. The van der Waals surface area contributed by atoms with Crippen molar-refractivity contribution in [2.75, 3.05) is 5.32 Å². The van der Waals surface area contributed by atoms with Gasteiger partial charge in [-0.3, -0.25) is 25.0 Å². The Morgan fingerprint density at radius 3 is 2.00 bits per heavy atom. The molecule has 1 N–H and O–H groups in total. The predicted molar refractivity (Wildman–Crippen MR) is 85.5 cm³/mol. The van der Waals surface area contributed by atoms with Gasteiger partial charge in [-0.2, -0.15) is 8.78 Å². The van der Waals surface area contributed by atoms with Crippen LogP contribution in [0.4, 0.5) is 25.8 Å². The van der Waals surface area contributed by atoms with Crippen LogP contribution >= 0.6 is 0 Å². The zero-order valence-corrected chi connectivity index (χ0v) is 13.1. The summed E-state index contributed by atoms with van der Waals surface area (Å²) in [7, 11) is 0. The molecule has 0 radical (unpaired) electrons. The lowest BCUT2D eigenvalue weighted by molar-refractivity contribution is -0.395. The van der Waals surface area contributed by atoms with Gasteiger partial charge >= 0.3 is 6.61 Å². The van der Waals surface area contributed by atoms with E-state index in [0.29, 0.717) is 0 Å². The third-order valence-electron chi connectivity index (χ3n) is 3.35. The van der Waals surface area contributed by atoms with E-state index in [1.54, 1.807) is 0 Å². The molecule has 0 spiro atoms. The molecule has 0 fully saturated rings. The molecule has 0 saturated carbocycles. The van der Waals surface area contributed by atoms with Gasteiger partial charge in [-0.1, -0.05) is 0 Å². The zero-order valence-electron chi connectivity index (χ0n) is 13.1. The minimum atomic E-state index is -3.00. The third-order valence-corrected chi connectivity index (χ3v) is 3.35. The van der Waals surface area contributed by atoms with Crippen LogP contribution in [0, 0.1) is 27.2 Å². The summed E-state index contributed by atoms with van der Waals surface area (Å²) < 4.78 is 28.3. The first kappa shape index (κ1) is 18.7. The lowest BCUT2D eigenvalue weighted by atomic mass is 10.1. The van der Waals surface area contributed by atoms with Gasteiger partial charge in [-0.05, 0) is 31.2 Å². The molecule has 1 amide bonds. The number of nitrogens with one attached hydrogen (secondary N) is 1. The first-order chi connectivity index (χ1) is 12.2. The van der Waals surface area contributed by atoms with Crippen molar-refractivity contribution in [3.05, 3.63) is 67.8 Å². The van der Waals surface area contributed by atoms with Crippen molar-refractivity contribution in [3.63, 3.8) is 0 Å². The van der Waals surface area contributed by atoms with Crippen LogP contribution in [0.5, 0.6) is 5.75 Å². The maximum absolute atomic E-state index is 12.2. The molecule has 0 saturated heterocycles. The van der Waals surface area contributed by atoms with Crippen molar-refractivity contribution in [1.82, 2.24) is 0 Å². The molecule has 2 aromatic rings. The summed E-state index contributed by atoms with van der Waals surface area (Å²) in [6.07, 6.45) is 0. The monoisotopic (exact) mass is 367 g/mol. The number of nitro benzene ring substituents is 2. The van der Waals surface area contributed by atoms with E-state index in [0.717, 1.165) is 12.1 Å².